The molecule has 0 aliphatic carbocycles. The van der Waals surface area contributed by atoms with Crippen molar-refractivity contribution < 1.29 is 47.3 Å². The van der Waals surface area contributed by atoms with E-state index in [0.717, 1.165) is 37.3 Å². The van der Waals surface area contributed by atoms with Crippen molar-refractivity contribution in [2.45, 2.75) is 39.0 Å². The lowest BCUT2D eigenvalue weighted by Gasteiger charge is -2.09. The number of esters is 4. The van der Waals surface area contributed by atoms with Crippen molar-refractivity contribution in [3.8, 4) is 28.4 Å². The van der Waals surface area contributed by atoms with Crippen LogP contribution in [0.1, 0.15) is 54.1 Å². The van der Waals surface area contributed by atoms with Crippen molar-refractivity contribution in [3.05, 3.63) is 144 Å². The third-order valence-electron chi connectivity index (χ3n) is 7.70. The predicted octanol–water partition coefficient (Wildman–Crippen LogP) is 8.66. The highest BCUT2D eigenvalue weighted by atomic mass is 19.1. The molecule has 10 heteroatoms. The van der Waals surface area contributed by atoms with E-state index in [0.29, 0.717) is 53.4 Å². The molecule has 4 rings (SSSR count). The number of halogens is 1. The second-order valence-electron chi connectivity index (χ2n) is 11.9. The summed E-state index contributed by atoms with van der Waals surface area (Å²) >= 11 is 0. The van der Waals surface area contributed by atoms with Crippen LogP contribution in [0.15, 0.2) is 122 Å². The number of rotatable bonds is 19. The highest BCUT2D eigenvalue weighted by Crippen LogP contribution is 2.26. The molecule has 4 aromatic rings. The van der Waals surface area contributed by atoms with Gasteiger partial charge in [-0.25, -0.2) is 23.6 Å². The molecule has 4 aromatic carbocycles. The van der Waals surface area contributed by atoms with E-state index in [1.54, 1.807) is 67.6 Å². The van der Waals surface area contributed by atoms with Gasteiger partial charge in [-0.1, -0.05) is 49.6 Å². The fourth-order valence-corrected chi connectivity index (χ4v) is 4.83. The molecule has 0 spiro atoms. The zero-order valence-electron chi connectivity index (χ0n) is 29.5. The first kappa shape index (κ1) is 39.5. The average molecular weight is 721 g/mol. The molecule has 9 nitrogen and oxygen atoms in total. The molecule has 0 aromatic heterocycles. The lowest BCUT2D eigenvalue weighted by atomic mass is 10.0. The molecule has 0 aliphatic rings. The molecule has 0 unspecified atom stereocenters. The fraction of sp³-hybridized carbons (Fsp3) is 0.209. The number of carbonyl (C=O) groups excluding carboxylic acids is 4. The lowest BCUT2D eigenvalue weighted by molar-refractivity contribution is -0.139. The van der Waals surface area contributed by atoms with Crippen molar-refractivity contribution >= 4 is 30.0 Å². The van der Waals surface area contributed by atoms with Gasteiger partial charge in [-0.05, 0) is 110 Å². The smallest absolute Gasteiger partial charge is 0.343 e. The van der Waals surface area contributed by atoms with Crippen LogP contribution < -0.4 is 14.2 Å². The van der Waals surface area contributed by atoms with Gasteiger partial charge in [-0.15, -0.1) is 0 Å². The predicted molar refractivity (Wildman–Crippen MR) is 199 cm³/mol. The van der Waals surface area contributed by atoms with Crippen LogP contribution in [0.25, 0.3) is 17.2 Å². The Morgan fingerprint density at radius 1 is 0.698 bits per heavy atom. The molecule has 0 atom stereocenters. The number of unbranched alkanes of at least 4 members (excludes halogenated alkanes) is 3. The quantitative estimate of drug-likeness (QED) is 0.0406. The first-order chi connectivity index (χ1) is 25.6. The Bertz CT molecular complexity index is 1910. The maximum atomic E-state index is 15.0. The molecule has 0 N–H and O–H groups in total. The van der Waals surface area contributed by atoms with Gasteiger partial charge in [0, 0.05) is 29.7 Å². The van der Waals surface area contributed by atoms with E-state index in [1.807, 2.05) is 0 Å². The maximum Gasteiger partial charge on any atom is 0.343 e. The minimum absolute atomic E-state index is 0.208. The molecule has 0 heterocycles. The monoisotopic (exact) mass is 720 g/mol. The van der Waals surface area contributed by atoms with Gasteiger partial charge in [0.2, 0.25) is 0 Å². The molecule has 0 bridgehead atoms. The number of hydrogen-bond donors (Lipinski definition) is 0. The SMILES string of the molecule is C=CC(=O)OCCc1ccc(OC(=O)c2ccc(OC(=O)/C=C/c3ccc(-c4ccc(OCCCCCCOC(=O)C(=C)C)cc4)c(F)c3)cc2)cc1. The van der Waals surface area contributed by atoms with E-state index >= 15 is 4.39 Å². The average Bonchev–Trinajstić information content (AvgIpc) is 3.16. The molecule has 0 amide bonds. The van der Waals surface area contributed by atoms with Crippen molar-refractivity contribution in [1.82, 2.24) is 0 Å². The molecular formula is C43H41FO9. The third kappa shape index (κ3) is 13.4. The van der Waals surface area contributed by atoms with Crippen LogP contribution in [0.5, 0.6) is 17.2 Å². The summed E-state index contributed by atoms with van der Waals surface area (Å²) in [6.45, 7) is 9.66. The molecule has 53 heavy (non-hydrogen) atoms. The summed E-state index contributed by atoms with van der Waals surface area (Å²) < 4.78 is 41.6. The van der Waals surface area contributed by atoms with Crippen LogP contribution in [-0.2, 0) is 30.3 Å². The van der Waals surface area contributed by atoms with E-state index in [1.165, 1.54) is 42.5 Å². The standard InChI is InChI=1S/C43H41FO9/c1-4-40(45)50-28-25-31-9-17-37(18-10-31)53-43(48)34-15-21-36(22-16-34)52-41(46)24-12-32-11-23-38(39(44)29-32)33-13-19-35(20-14-33)49-26-7-5-6-8-27-51-42(47)30(2)3/h4,9-24,29H,1-2,5-8,25-28H2,3H3/b24-12+. The van der Waals surface area contributed by atoms with Gasteiger partial charge in [0.1, 0.15) is 23.1 Å². The van der Waals surface area contributed by atoms with Gasteiger partial charge in [0.05, 0.1) is 25.4 Å². The molecule has 0 aliphatic heterocycles. The Kier molecular flexibility index (Phi) is 15.3. The molecule has 0 fully saturated rings. The zero-order chi connectivity index (χ0) is 38.0. The Morgan fingerprint density at radius 2 is 1.34 bits per heavy atom. The summed E-state index contributed by atoms with van der Waals surface area (Å²) in [5, 5.41) is 0. The van der Waals surface area contributed by atoms with Crippen LogP contribution in [0, 0.1) is 5.82 Å². The number of benzene rings is 4. The van der Waals surface area contributed by atoms with Crippen molar-refractivity contribution in [1.29, 1.82) is 0 Å². The van der Waals surface area contributed by atoms with Crippen LogP contribution in [0.2, 0.25) is 0 Å². The molecule has 0 saturated heterocycles. The van der Waals surface area contributed by atoms with Gasteiger partial charge >= 0.3 is 23.9 Å². The molecule has 274 valence electrons. The molecule has 0 saturated carbocycles. The Labute approximate surface area is 308 Å². The van der Waals surface area contributed by atoms with Crippen LogP contribution in [0.3, 0.4) is 0 Å². The summed E-state index contributed by atoms with van der Waals surface area (Å²) in [5.74, 6) is -1.34. The summed E-state index contributed by atoms with van der Waals surface area (Å²) in [5.41, 5.74) is 3.10. The first-order valence-electron chi connectivity index (χ1n) is 17.1. The second-order valence-corrected chi connectivity index (χ2v) is 11.9. The van der Waals surface area contributed by atoms with Gasteiger partial charge in [0.15, 0.2) is 0 Å². The van der Waals surface area contributed by atoms with Gasteiger partial charge in [-0.3, -0.25) is 0 Å². The molecule has 0 radical (unpaired) electrons. The summed E-state index contributed by atoms with van der Waals surface area (Å²) in [6, 6.07) is 24.5. The number of carbonyl (C=O) groups is 4. The summed E-state index contributed by atoms with van der Waals surface area (Å²) in [7, 11) is 0. The van der Waals surface area contributed by atoms with Crippen molar-refractivity contribution in [3.63, 3.8) is 0 Å². The highest BCUT2D eigenvalue weighted by Gasteiger charge is 2.11. The Hall–Kier alpha value is -6.29. The third-order valence-corrected chi connectivity index (χ3v) is 7.70. The van der Waals surface area contributed by atoms with E-state index in [2.05, 4.69) is 13.2 Å². The fourth-order valence-electron chi connectivity index (χ4n) is 4.83. The summed E-state index contributed by atoms with van der Waals surface area (Å²) in [6.07, 6.45) is 7.75. The Balaban J connectivity index is 1.18. The van der Waals surface area contributed by atoms with E-state index < -0.39 is 23.7 Å². The van der Waals surface area contributed by atoms with Crippen molar-refractivity contribution in [2.75, 3.05) is 19.8 Å². The zero-order valence-corrected chi connectivity index (χ0v) is 29.5. The van der Waals surface area contributed by atoms with Crippen molar-refractivity contribution in [2.24, 2.45) is 0 Å². The second kappa shape index (κ2) is 20.5. The number of hydrogen-bond acceptors (Lipinski definition) is 9. The van der Waals surface area contributed by atoms with E-state index in [4.69, 9.17) is 23.7 Å². The Morgan fingerprint density at radius 3 is 2.00 bits per heavy atom. The largest absolute Gasteiger partial charge is 0.494 e. The minimum atomic E-state index is -0.677. The minimum Gasteiger partial charge on any atom is -0.494 e. The van der Waals surface area contributed by atoms with Gasteiger partial charge in [0.25, 0.3) is 0 Å². The topological polar surface area (TPSA) is 114 Å². The van der Waals surface area contributed by atoms with Crippen LogP contribution in [0.4, 0.5) is 4.39 Å². The highest BCUT2D eigenvalue weighted by molar-refractivity contribution is 5.92. The van der Waals surface area contributed by atoms with Gasteiger partial charge in [-0.2, -0.15) is 0 Å². The molecular weight excluding hydrogens is 679 g/mol. The van der Waals surface area contributed by atoms with Crippen LogP contribution in [-0.4, -0.2) is 43.7 Å². The first-order valence-corrected chi connectivity index (χ1v) is 17.1. The van der Waals surface area contributed by atoms with Gasteiger partial charge < -0.3 is 23.7 Å². The van der Waals surface area contributed by atoms with E-state index in [9.17, 15) is 19.2 Å². The van der Waals surface area contributed by atoms with E-state index in [-0.39, 0.29) is 23.9 Å². The van der Waals surface area contributed by atoms with Crippen LogP contribution >= 0.6 is 0 Å². The lowest BCUT2D eigenvalue weighted by Crippen LogP contribution is -2.09. The normalized spacial score (nSPS) is 10.7. The maximum absolute atomic E-state index is 15.0. The number of ether oxygens (including phenoxy) is 5. The summed E-state index contributed by atoms with van der Waals surface area (Å²) in [4.78, 5) is 47.5.